The summed E-state index contributed by atoms with van der Waals surface area (Å²) in [4.78, 5) is 5.91. The molecule has 36 heavy (non-hydrogen) atoms. The van der Waals surface area contributed by atoms with Crippen LogP contribution in [0.3, 0.4) is 0 Å². The maximum Gasteiger partial charge on any atom is 0.416 e. The minimum Gasteiger partial charge on any atom is -0.378 e. The molecule has 0 amide bonds. The fourth-order valence-corrected chi connectivity index (χ4v) is 5.19. The fourth-order valence-electron chi connectivity index (χ4n) is 4.44. The van der Waals surface area contributed by atoms with Crippen molar-refractivity contribution < 1.29 is 30.7 Å². The molecule has 0 aromatic heterocycles. The molecule has 2 aliphatic heterocycles. The highest BCUT2D eigenvalue weighted by molar-refractivity contribution is 7.89. The van der Waals surface area contributed by atoms with Gasteiger partial charge in [-0.05, 0) is 43.4 Å². The van der Waals surface area contributed by atoms with Crippen molar-refractivity contribution in [3.05, 3.63) is 59.9 Å². The Balaban J connectivity index is 1.55. The van der Waals surface area contributed by atoms with E-state index < -0.39 is 27.6 Å². The lowest BCUT2D eigenvalue weighted by Gasteiger charge is -2.39. The molecule has 0 aliphatic carbocycles. The van der Waals surface area contributed by atoms with Gasteiger partial charge in [0.1, 0.15) is 5.82 Å². The summed E-state index contributed by atoms with van der Waals surface area (Å²) in [5.74, 6) is -0.920. The van der Waals surface area contributed by atoms with Gasteiger partial charge in [-0.2, -0.15) is 13.2 Å². The van der Waals surface area contributed by atoms with Crippen LogP contribution in [0.25, 0.3) is 5.70 Å². The van der Waals surface area contributed by atoms with E-state index in [1.54, 1.807) is 23.1 Å². The van der Waals surface area contributed by atoms with Crippen LogP contribution in [0.4, 0.5) is 28.9 Å². The normalized spacial score (nSPS) is 17.4. The van der Waals surface area contributed by atoms with Gasteiger partial charge in [0.25, 0.3) is 0 Å². The third-order valence-corrected chi connectivity index (χ3v) is 7.90. The van der Waals surface area contributed by atoms with Gasteiger partial charge in [0.2, 0.25) is 10.0 Å². The second-order valence-electron chi connectivity index (χ2n) is 8.57. The molecule has 1 N–H and O–H groups in total. The SMILES string of the molecule is C=C(c1cc(S(=O)(=O)NC)ccc1N1CCOCC1)N1CCN(c2ccc(C(F)(F)F)cc2F)CC1. The summed E-state index contributed by atoms with van der Waals surface area (Å²) in [5, 5.41) is 0. The molecular formula is C24H28F4N4O3S. The van der Waals surface area contributed by atoms with Crippen molar-refractivity contribution in [2.45, 2.75) is 11.1 Å². The van der Waals surface area contributed by atoms with Gasteiger partial charge in [-0.25, -0.2) is 17.5 Å². The minimum atomic E-state index is -4.61. The highest BCUT2D eigenvalue weighted by Gasteiger charge is 2.32. The number of hydrogen-bond donors (Lipinski definition) is 1. The number of nitrogens with zero attached hydrogens (tertiary/aromatic N) is 3. The molecule has 2 aliphatic rings. The highest BCUT2D eigenvalue weighted by Crippen LogP contribution is 2.35. The van der Waals surface area contributed by atoms with Gasteiger partial charge in [-0.3, -0.25) is 0 Å². The predicted molar refractivity (Wildman–Crippen MR) is 130 cm³/mol. The number of nitrogens with one attached hydrogen (secondary N) is 1. The van der Waals surface area contributed by atoms with E-state index in [1.165, 1.54) is 7.05 Å². The third kappa shape index (κ3) is 5.45. The summed E-state index contributed by atoms with van der Waals surface area (Å²) < 4.78 is 85.8. The molecular weight excluding hydrogens is 500 g/mol. The Morgan fingerprint density at radius 3 is 2.14 bits per heavy atom. The summed E-state index contributed by atoms with van der Waals surface area (Å²) in [7, 11) is -2.33. The van der Waals surface area contributed by atoms with Gasteiger partial charge in [0, 0.05) is 56.2 Å². The number of hydrogen-bond acceptors (Lipinski definition) is 6. The zero-order chi connectivity index (χ0) is 26.1. The van der Waals surface area contributed by atoms with Crippen LogP contribution in [0.15, 0.2) is 47.9 Å². The largest absolute Gasteiger partial charge is 0.416 e. The third-order valence-electron chi connectivity index (χ3n) is 6.49. The first kappa shape index (κ1) is 26.2. The van der Waals surface area contributed by atoms with Gasteiger partial charge in [0.15, 0.2) is 0 Å². The van der Waals surface area contributed by atoms with Gasteiger partial charge < -0.3 is 19.4 Å². The van der Waals surface area contributed by atoms with Crippen LogP contribution in [0.1, 0.15) is 11.1 Å². The standard InChI is InChI=1S/C24H28F4N4O3S/c1-17(20-16-19(36(33,34)29-2)4-6-22(20)32-11-13-35-14-12-32)30-7-9-31(10-8-30)23-5-3-18(15-21(23)25)24(26,27)28/h3-6,15-16,29H,1,7-14H2,2H3. The van der Waals surface area contributed by atoms with Crippen LogP contribution in [0.2, 0.25) is 0 Å². The molecule has 7 nitrogen and oxygen atoms in total. The zero-order valence-electron chi connectivity index (χ0n) is 19.8. The van der Waals surface area contributed by atoms with E-state index in [1.807, 2.05) is 4.90 Å². The lowest BCUT2D eigenvalue weighted by atomic mass is 10.1. The molecule has 196 valence electrons. The summed E-state index contributed by atoms with van der Waals surface area (Å²) in [5.41, 5.74) is 1.22. The molecule has 0 atom stereocenters. The molecule has 2 heterocycles. The molecule has 12 heteroatoms. The highest BCUT2D eigenvalue weighted by atomic mass is 32.2. The first-order chi connectivity index (χ1) is 17.0. The number of anilines is 2. The van der Waals surface area contributed by atoms with Crippen molar-refractivity contribution in [1.82, 2.24) is 9.62 Å². The van der Waals surface area contributed by atoms with Crippen molar-refractivity contribution in [2.24, 2.45) is 0 Å². The minimum absolute atomic E-state index is 0.114. The molecule has 0 radical (unpaired) electrons. The van der Waals surface area contributed by atoms with Gasteiger partial charge in [0.05, 0.1) is 29.4 Å². The number of ether oxygens (including phenoxy) is 1. The van der Waals surface area contributed by atoms with E-state index in [0.29, 0.717) is 69.8 Å². The van der Waals surface area contributed by atoms with E-state index in [4.69, 9.17) is 4.74 Å². The number of halogens is 4. The molecule has 0 bridgehead atoms. The van der Waals surface area contributed by atoms with E-state index >= 15 is 0 Å². The number of sulfonamides is 1. The van der Waals surface area contributed by atoms with Crippen molar-refractivity contribution >= 4 is 27.1 Å². The molecule has 0 unspecified atom stereocenters. The predicted octanol–water partition coefficient (Wildman–Crippen LogP) is 3.38. The quantitative estimate of drug-likeness (QED) is 0.581. The zero-order valence-corrected chi connectivity index (χ0v) is 20.6. The maximum absolute atomic E-state index is 14.5. The van der Waals surface area contributed by atoms with Crippen molar-refractivity contribution in [2.75, 3.05) is 69.3 Å². The second-order valence-corrected chi connectivity index (χ2v) is 10.5. The number of benzene rings is 2. The molecule has 0 saturated carbocycles. The lowest BCUT2D eigenvalue weighted by Crippen LogP contribution is -2.46. The van der Waals surface area contributed by atoms with Crippen LogP contribution < -0.4 is 14.5 Å². The Morgan fingerprint density at radius 1 is 0.944 bits per heavy atom. The average molecular weight is 529 g/mol. The van der Waals surface area contributed by atoms with Crippen molar-refractivity contribution in [1.29, 1.82) is 0 Å². The Morgan fingerprint density at radius 2 is 1.56 bits per heavy atom. The van der Waals surface area contributed by atoms with Crippen LogP contribution in [0.5, 0.6) is 0 Å². The first-order valence-electron chi connectivity index (χ1n) is 11.5. The number of morpholine rings is 1. The van der Waals surface area contributed by atoms with Crippen molar-refractivity contribution in [3.8, 4) is 0 Å². The smallest absolute Gasteiger partial charge is 0.378 e. The van der Waals surface area contributed by atoms with Gasteiger partial charge in [-0.15, -0.1) is 0 Å². The molecule has 2 fully saturated rings. The number of rotatable bonds is 6. The second kappa shape index (κ2) is 10.3. The summed E-state index contributed by atoms with van der Waals surface area (Å²) in [6.45, 7) is 8.26. The molecule has 2 aromatic rings. The topological polar surface area (TPSA) is 65.1 Å². The van der Waals surface area contributed by atoms with Crippen molar-refractivity contribution in [3.63, 3.8) is 0 Å². The fraction of sp³-hybridized carbons (Fsp3) is 0.417. The Labute approximate surface area is 208 Å². The Kier molecular flexibility index (Phi) is 7.48. The summed E-state index contributed by atoms with van der Waals surface area (Å²) >= 11 is 0. The Hall–Kier alpha value is -2.83. The lowest BCUT2D eigenvalue weighted by molar-refractivity contribution is -0.137. The maximum atomic E-state index is 14.5. The van der Waals surface area contributed by atoms with Gasteiger partial charge in [-0.1, -0.05) is 6.58 Å². The van der Waals surface area contributed by atoms with E-state index in [2.05, 4.69) is 16.2 Å². The van der Waals surface area contributed by atoms with E-state index in [9.17, 15) is 26.0 Å². The van der Waals surface area contributed by atoms with E-state index in [0.717, 1.165) is 17.8 Å². The molecule has 4 rings (SSSR count). The van der Waals surface area contributed by atoms with Gasteiger partial charge >= 0.3 is 6.18 Å². The average Bonchev–Trinajstić information content (AvgIpc) is 2.88. The Bertz CT molecular complexity index is 1220. The van der Waals surface area contributed by atoms with Crippen LogP contribution >= 0.6 is 0 Å². The number of alkyl halides is 3. The molecule has 2 saturated heterocycles. The molecule has 0 spiro atoms. The van der Waals surface area contributed by atoms with E-state index in [-0.39, 0.29) is 10.6 Å². The summed E-state index contributed by atoms with van der Waals surface area (Å²) in [6, 6.07) is 7.48. The monoisotopic (exact) mass is 528 g/mol. The number of piperazine rings is 1. The first-order valence-corrected chi connectivity index (χ1v) is 13.0. The summed E-state index contributed by atoms with van der Waals surface area (Å²) in [6.07, 6.45) is -4.61. The van der Waals surface area contributed by atoms with Crippen LogP contribution in [0, 0.1) is 5.82 Å². The molecule has 2 aromatic carbocycles. The van der Waals surface area contributed by atoms with Crippen LogP contribution in [-0.2, 0) is 20.9 Å². The van der Waals surface area contributed by atoms with Crippen LogP contribution in [-0.4, -0.2) is 72.8 Å².